The first kappa shape index (κ1) is 20.3. The van der Waals surface area contributed by atoms with E-state index in [-0.39, 0.29) is 12.0 Å². The van der Waals surface area contributed by atoms with Gasteiger partial charge in [0.25, 0.3) is 0 Å². The fourth-order valence-corrected chi connectivity index (χ4v) is 4.95. The summed E-state index contributed by atoms with van der Waals surface area (Å²) in [6, 6.07) is 6.12. The Morgan fingerprint density at radius 2 is 1.84 bits per heavy atom. The second-order valence-electron chi connectivity index (χ2n) is 9.02. The third-order valence-corrected chi connectivity index (χ3v) is 6.62. The number of piperidine rings is 1. The number of aryl methyl sites for hydroxylation is 2. The van der Waals surface area contributed by atoms with Crippen LogP contribution in [-0.2, 0) is 0 Å². The van der Waals surface area contributed by atoms with E-state index in [2.05, 4.69) is 43.9 Å². The molecule has 3 aromatic rings. The van der Waals surface area contributed by atoms with Crippen molar-refractivity contribution < 1.29 is 9.50 Å². The lowest BCUT2D eigenvalue weighted by molar-refractivity contribution is 0.139. The van der Waals surface area contributed by atoms with Crippen LogP contribution in [0.25, 0.3) is 16.7 Å². The maximum Gasteiger partial charge on any atom is 0.159 e. The van der Waals surface area contributed by atoms with Crippen molar-refractivity contribution in [1.29, 1.82) is 0 Å². The molecule has 0 bridgehead atoms. The molecule has 1 N–H and O–H groups in total. The van der Waals surface area contributed by atoms with Gasteiger partial charge in [-0.15, -0.1) is 0 Å². The first-order valence-corrected chi connectivity index (χ1v) is 11.0. The summed E-state index contributed by atoms with van der Waals surface area (Å²) in [4.78, 5) is 13.3. The van der Waals surface area contributed by atoms with Crippen molar-refractivity contribution >= 4 is 16.7 Å². The van der Waals surface area contributed by atoms with Gasteiger partial charge in [0.15, 0.2) is 5.82 Å². The zero-order valence-corrected chi connectivity index (χ0v) is 18.3. The molecule has 164 valence electrons. The molecule has 2 fully saturated rings. The highest BCUT2D eigenvalue weighted by atomic mass is 19.1. The number of likely N-dealkylation sites (tertiary alicyclic amines) is 1. The van der Waals surface area contributed by atoms with Gasteiger partial charge < -0.3 is 14.9 Å². The number of aromatic nitrogens is 4. The summed E-state index contributed by atoms with van der Waals surface area (Å²) in [6.07, 6.45) is 2.20. The molecule has 31 heavy (non-hydrogen) atoms. The van der Waals surface area contributed by atoms with Crippen LogP contribution in [0.2, 0.25) is 0 Å². The maximum atomic E-state index is 14.9. The van der Waals surface area contributed by atoms with Crippen molar-refractivity contribution in [1.82, 2.24) is 24.6 Å². The molecule has 5 rings (SSSR count). The van der Waals surface area contributed by atoms with Crippen molar-refractivity contribution in [3.8, 4) is 5.82 Å². The summed E-state index contributed by atoms with van der Waals surface area (Å²) in [7, 11) is 1.97. The number of β-amino-alcohol motifs (C(OH)–C–C–N with tert-alkyl or cyclic N) is 1. The van der Waals surface area contributed by atoms with E-state index in [1.807, 2.05) is 30.9 Å². The fourth-order valence-electron chi connectivity index (χ4n) is 4.95. The molecule has 2 saturated heterocycles. The third-order valence-electron chi connectivity index (χ3n) is 6.62. The third kappa shape index (κ3) is 3.78. The zero-order valence-electron chi connectivity index (χ0n) is 18.3. The number of aliphatic hydroxyl groups is 1. The lowest BCUT2D eigenvalue weighted by Crippen LogP contribution is -2.38. The van der Waals surface area contributed by atoms with Gasteiger partial charge in [0.05, 0.1) is 17.8 Å². The van der Waals surface area contributed by atoms with Gasteiger partial charge in [0.2, 0.25) is 0 Å². The van der Waals surface area contributed by atoms with Crippen molar-refractivity contribution in [2.45, 2.75) is 44.9 Å². The van der Waals surface area contributed by atoms with E-state index in [0.29, 0.717) is 24.7 Å². The van der Waals surface area contributed by atoms with Crippen molar-refractivity contribution in [3.63, 3.8) is 0 Å². The molecule has 0 amide bonds. The summed E-state index contributed by atoms with van der Waals surface area (Å²) in [5, 5.41) is 15.5. The van der Waals surface area contributed by atoms with Crippen LogP contribution < -0.4 is 4.90 Å². The van der Waals surface area contributed by atoms with Gasteiger partial charge in [-0.1, -0.05) is 0 Å². The Kier molecular flexibility index (Phi) is 5.14. The first-order valence-electron chi connectivity index (χ1n) is 11.0. The second-order valence-corrected chi connectivity index (χ2v) is 9.02. The minimum Gasteiger partial charge on any atom is -0.391 e. The first-order chi connectivity index (χ1) is 14.9. The minimum atomic E-state index is -0.874. The predicted molar refractivity (Wildman–Crippen MR) is 119 cm³/mol. The quantitative estimate of drug-likeness (QED) is 0.697. The average Bonchev–Trinajstić information content (AvgIpc) is 3.33. The van der Waals surface area contributed by atoms with E-state index >= 15 is 0 Å². The Hall–Kier alpha value is -2.58. The molecular formula is C23H29FN6O. The maximum absolute atomic E-state index is 14.9. The Morgan fingerprint density at radius 1 is 1.03 bits per heavy atom. The largest absolute Gasteiger partial charge is 0.391 e. The number of fused-ring (bicyclic) bond motifs is 1. The van der Waals surface area contributed by atoms with Crippen LogP contribution in [0.3, 0.4) is 0 Å². The summed E-state index contributed by atoms with van der Waals surface area (Å²) in [6.45, 7) is 6.65. The fraction of sp³-hybridized carbons (Fsp3) is 0.522. The molecule has 4 heterocycles. The Bertz CT molecular complexity index is 1110. The normalized spacial score (nSPS) is 24.9. The van der Waals surface area contributed by atoms with Crippen molar-refractivity contribution in [3.05, 3.63) is 41.3 Å². The van der Waals surface area contributed by atoms with Crippen molar-refractivity contribution in [2.75, 3.05) is 38.1 Å². The molecule has 1 aromatic carbocycles. The molecule has 2 aliphatic rings. The van der Waals surface area contributed by atoms with Crippen LogP contribution in [0.5, 0.6) is 0 Å². The number of benzene rings is 1. The van der Waals surface area contributed by atoms with Crippen LogP contribution in [0.1, 0.15) is 35.7 Å². The van der Waals surface area contributed by atoms with Crippen LogP contribution in [0.4, 0.5) is 10.2 Å². The SMILES string of the molecule is Cc1nc(N2CC[C@@H](O)C2)cc(-n2ncc3cc(C)c([C@H]4CCN(C)C[C@H]4F)cc32)n1. The number of aliphatic hydroxyl groups excluding tert-OH is 1. The van der Waals surface area contributed by atoms with E-state index in [1.165, 1.54) is 0 Å². The van der Waals surface area contributed by atoms with Gasteiger partial charge in [-0.3, -0.25) is 0 Å². The van der Waals surface area contributed by atoms with Crippen LogP contribution in [0.15, 0.2) is 24.4 Å². The molecule has 8 heteroatoms. The molecule has 0 saturated carbocycles. The number of alkyl halides is 1. The van der Waals surface area contributed by atoms with Crippen LogP contribution >= 0.6 is 0 Å². The minimum absolute atomic E-state index is 0.0993. The molecule has 2 aromatic heterocycles. The highest BCUT2D eigenvalue weighted by Gasteiger charge is 2.30. The number of halogens is 1. The number of nitrogens with zero attached hydrogens (tertiary/aromatic N) is 6. The van der Waals surface area contributed by atoms with E-state index in [9.17, 15) is 9.50 Å². The van der Waals surface area contributed by atoms with Crippen LogP contribution in [-0.4, -0.2) is 75.3 Å². The van der Waals surface area contributed by atoms with Gasteiger partial charge in [0, 0.05) is 37.0 Å². The van der Waals surface area contributed by atoms with Gasteiger partial charge in [0.1, 0.15) is 17.8 Å². The topological polar surface area (TPSA) is 70.3 Å². The standard InChI is InChI=1S/C23H29FN6O/c1-14-8-16-11-25-30(21(16)9-19(14)18-5-6-28(3)13-20(18)24)23-10-22(26-15(2)27-23)29-7-4-17(31)12-29/h8-11,17-18,20,31H,4-7,12-13H2,1-3H3/t17-,18-,20-/m1/s1. The smallest absolute Gasteiger partial charge is 0.159 e. The lowest BCUT2D eigenvalue weighted by atomic mass is 9.85. The van der Waals surface area contributed by atoms with Gasteiger partial charge in [-0.25, -0.2) is 19.0 Å². The van der Waals surface area contributed by atoms with E-state index in [4.69, 9.17) is 0 Å². The molecule has 2 aliphatic heterocycles. The molecule has 0 aliphatic carbocycles. The Morgan fingerprint density at radius 3 is 2.58 bits per heavy atom. The second kappa shape index (κ2) is 7.84. The van der Waals surface area contributed by atoms with Crippen LogP contribution in [0, 0.1) is 13.8 Å². The summed E-state index contributed by atoms with van der Waals surface area (Å²) in [5.74, 6) is 2.05. The molecular weight excluding hydrogens is 395 g/mol. The summed E-state index contributed by atoms with van der Waals surface area (Å²) in [5.41, 5.74) is 3.09. The molecule has 0 unspecified atom stereocenters. The molecule has 7 nitrogen and oxygen atoms in total. The van der Waals surface area contributed by atoms with Crippen molar-refractivity contribution in [2.24, 2.45) is 0 Å². The number of anilines is 1. The lowest BCUT2D eigenvalue weighted by Gasteiger charge is -2.33. The Labute approximate surface area is 181 Å². The zero-order chi connectivity index (χ0) is 21.7. The van der Waals surface area contributed by atoms with E-state index in [0.717, 1.165) is 53.8 Å². The highest BCUT2D eigenvalue weighted by Crippen LogP contribution is 2.35. The summed E-state index contributed by atoms with van der Waals surface area (Å²) >= 11 is 0. The molecule has 0 spiro atoms. The number of hydrogen-bond donors (Lipinski definition) is 1. The van der Waals surface area contributed by atoms with Gasteiger partial charge in [-0.2, -0.15) is 5.10 Å². The number of rotatable bonds is 3. The average molecular weight is 425 g/mol. The highest BCUT2D eigenvalue weighted by molar-refractivity contribution is 5.82. The number of hydrogen-bond acceptors (Lipinski definition) is 6. The van der Waals surface area contributed by atoms with Gasteiger partial charge in [-0.05, 0) is 63.5 Å². The monoisotopic (exact) mass is 424 g/mol. The Balaban J connectivity index is 1.56. The van der Waals surface area contributed by atoms with E-state index < -0.39 is 6.17 Å². The van der Waals surface area contributed by atoms with E-state index in [1.54, 1.807) is 0 Å². The van der Waals surface area contributed by atoms with Gasteiger partial charge >= 0.3 is 0 Å². The molecule has 0 radical (unpaired) electrons. The predicted octanol–water partition coefficient (Wildman–Crippen LogP) is 2.76. The summed E-state index contributed by atoms with van der Waals surface area (Å²) < 4.78 is 16.7. The molecule has 3 atom stereocenters.